The van der Waals surface area contributed by atoms with E-state index < -0.39 is 4.92 Å². The van der Waals surface area contributed by atoms with Gasteiger partial charge in [0.05, 0.1) is 29.4 Å². The van der Waals surface area contributed by atoms with Gasteiger partial charge >= 0.3 is 0 Å². The second-order valence-corrected chi connectivity index (χ2v) is 6.26. The molecule has 2 heterocycles. The van der Waals surface area contributed by atoms with Crippen LogP contribution in [0.3, 0.4) is 0 Å². The van der Waals surface area contributed by atoms with Crippen molar-refractivity contribution in [1.82, 2.24) is 4.90 Å². The number of nitrogens with zero attached hydrogens (tertiary/aromatic N) is 3. The number of benzene rings is 1. The zero-order valence-electron chi connectivity index (χ0n) is 13.8. The molecular formula is C17H23N3O4. The molecule has 0 unspecified atom stereocenters. The van der Waals surface area contributed by atoms with Gasteiger partial charge in [0.25, 0.3) is 11.6 Å². The largest absolute Gasteiger partial charge is 0.378 e. The SMILES string of the molecule is O=C(c1cc([N+](=O)[O-])ccc1N1CCOCC1)N1CCCCCC1. The highest BCUT2D eigenvalue weighted by molar-refractivity contribution is 6.00. The molecule has 0 radical (unpaired) electrons. The Hall–Kier alpha value is -2.15. The quantitative estimate of drug-likeness (QED) is 0.627. The lowest BCUT2D eigenvalue weighted by Crippen LogP contribution is -2.39. The Morgan fingerprint density at radius 1 is 1.04 bits per heavy atom. The summed E-state index contributed by atoms with van der Waals surface area (Å²) < 4.78 is 5.37. The number of ether oxygens (including phenoxy) is 1. The van der Waals surface area contributed by atoms with Gasteiger partial charge in [0.2, 0.25) is 0 Å². The van der Waals surface area contributed by atoms with E-state index in [1.54, 1.807) is 6.07 Å². The summed E-state index contributed by atoms with van der Waals surface area (Å²) in [6.07, 6.45) is 4.26. The summed E-state index contributed by atoms with van der Waals surface area (Å²) in [5.41, 5.74) is 1.18. The molecule has 0 atom stereocenters. The lowest BCUT2D eigenvalue weighted by Gasteiger charge is -2.31. The molecule has 1 amide bonds. The zero-order valence-corrected chi connectivity index (χ0v) is 13.8. The molecule has 0 aliphatic carbocycles. The molecule has 2 aliphatic rings. The minimum absolute atomic E-state index is 0.0369. The van der Waals surface area contributed by atoms with Crippen molar-refractivity contribution in [1.29, 1.82) is 0 Å². The molecule has 130 valence electrons. The monoisotopic (exact) mass is 333 g/mol. The standard InChI is InChI=1S/C17H23N3O4/c21-17(19-7-3-1-2-4-8-19)15-13-14(20(22)23)5-6-16(15)18-9-11-24-12-10-18/h5-6,13H,1-4,7-12H2. The third-order valence-corrected chi connectivity index (χ3v) is 4.67. The number of amides is 1. The summed E-state index contributed by atoms with van der Waals surface area (Å²) in [5, 5.41) is 11.1. The summed E-state index contributed by atoms with van der Waals surface area (Å²) in [4.78, 5) is 27.7. The maximum atomic E-state index is 13.0. The van der Waals surface area contributed by atoms with Gasteiger partial charge in [-0.15, -0.1) is 0 Å². The van der Waals surface area contributed by atoms with Crippen molar-refractivity contribution in [3.63, 3.8) is 0 Å². The first-order chi connectivity index (χ1) is 11.7. The van der Waals surface area contributed by atoms with Crippen LogP contribution in [0.5, 0.6) is 0 Å². The molecule has 2 saturated heterocycles. The fourth-order valence-electron chi connectivity index (χ4n) is 3.33. The van der Waals surface area contributed by atoms with Gasteiger partial charge in [-0.2, -0.15) is 0 Å². The van der Waals surface area contributed by atoms with Crippen molar-refractivity contribution in [2.75, 3.05) is 44.3 Å². The minimum atomic E-state index is -0.442. The van der Waals surface area contributed by atoms with Gasteiger partial charge in [-0.05, 0) is 18.9 Å². The number of carbonyl (C=O) groups is 1. The lowest BCUT2D eigenvalue weighted by atomic mass is 10.1. The van der Waals surface area contributed by atoms with Gasteiger partial charge in [0.1, 0.15) is 0 Å². The van der Waals surface area contributed by atoms with E-state index in [1.807, 2.05) is 4.90 Å². The number of rotatable bonds is 3. The van der Waals surface area contributed by atoms with Crippen LogP contribution < -0.4 is 4.90 Å². The van der Waals surface area contributed by atoms with Crippen LogP contribution in [0.25, 0.3) is 0 Å². The molecule has 0 spiro atoms. The Kier molecular flexibility index (Phi) is 5.30. The topological polar surface area (TPSA) is 75.9 Å². The molecule has 3 rings (SSSR count). The minimum Gasteiger partial charge on any atom is -0.378 e. The summed E-state index contributed by atoms with van der Waals surface area (Å²) in [6.45, 7) is 4.05. The summed E-state index contributed by atoms with van der Waals surface area (Å²) in [5.74, 6) is -0.0953. The van der Waals surface area contributed by atoms with Crippen LogP contribution >= 0.6 is 0 Å². The van der Waals surface area contributed by atoms with E-state index in [2.05, 4.69) is 4.90 Å². The predicted octanol–water partition coefficient (Wildman–Crippen LogP) is 2.45. The number of anilines is 1. The average Bonchev–Trinajstić information content (AvgIpc) is 2.90. The Morgan fingerprint density at radius 3 is 2.33 bits per heavy atom. The fraction of sp³-hybridized carbons (Fsp3) is 0.588. The van der Waals surface area contributed by atoms with Crippen LogP contribution in [-0.4, -0.2) is 55.1 Å². The van der Waals surface area contributed by atoms with Crippen molar-refractivity contribution < 1.29 is 14.5 Å². The molecule has 0 bridgehead atoms. The Morgan fingerprint density at radius 2 is 1.71 bits per heavy atom. The number of hydrogen-bond donors (Lipinski definition) is 0. The van der Waals surface area contributed by atoms with Crippen molar-refractivity contribution >= 4 is 17.3 Å². The number of nitro groups is 1. The van der Waals surface area contributed by atoms with Crippen molar-refractivity contribution in [3.8, 4) is 0 Å². The molecule has 7 heteroatoms. The molecular weight excluding hydrogens is 310 g/mol. The maximum absolute atomic E-state index is 13.0. The van der Waals surface area contributed by atoms with Gasteiger partial charge in [0.15, 0.2) is 0 Å². The van der Waals surface area contributed by atoms with Crippen LogP contribution in [0.4, 0.5) is 11.4 Å². The van der Waals surface area contributed by atoms with Crippen molar-refractivity contribution in [2.45, 2.75) is 25.7 Å². The van der Waals surface area contributed by atoms with Gasteiger partial charge < -0.3 is 14.5 Å². The third kappa shape index (κ3) is 3.67. The van der Waals surface area contributed by atoms with E-state index in [9.17, 15) is 14.9 Å². The average molecular weight is 333 g/mol. The molecule has 0 saturated carbocycles. The van der Waals surface area contributed by atoms with Gasteiger partial charge in [-0.3, -0.25) is 14.9 Å². The van der Waals surface area contributed by atoms with Crippen molar-refractivity contribution in [3.05, 3.63) is 33.9 Å². The first kappa shape index (κ1) is 16.7. The van der Waals surface area contributed by atoms with Gasteiger partial charge in [-0.25, -0.2) is 0 Å². The number of morpholine rings is 1. The van der Waals surface area contributed by atoms with Crippen LogP contribution in [0.15, 0.2) is 18.2 Å². The van der Waals surface area contributed by atoms with E-state index in [0.717, 1.165) is 44.5 Å². The summed E-state index contributed by atoms with van der Waals surface area (Å²) in [7, 11) is 0. The third-order valence-electron chi connectivity index (χ3n) is 4.67. The second-order valence-electron chi connectivity index (χ2n) is 6.26. The maximum Gasteiger partial charge on any atom is 0.270 e. The highest BCUT2D eigenvalue weighted by Crippen LogP contribution is 2.28. The molecule has 7 nitrogen and oxygen atoms in total. The highest BCUT2D eigenvalue weighted by Gasteiger charge is 2.25. The lowest BCUT2D eigenvalue weighted by molar-refractivity contribution is -0.384. The van der Waals surface area contributed by atoms with E-state index in [1.165, 1.54) is 12.1 Å². The Labute approximate surface area is 141 Å². The molecule has 2 aliphatic heterocycles. The van der Waals surface area contributed by atoms with Crippen LogP contribution in [0.1, 0.15) is 36.0 Å². The highest BCUT2D eigenvalue weighted by atomic mass is 16.6. The Balaban J connectivity index is 1.93. The van der Waals surface area contributed by atoms with Crippen LogP contribution in [0.2, 0.25) is 0 Å². The number of nitro benzene ring substituents is 1. The molecule has 0 N–H and O–H groups in total. The number of hydrogen-bond acceptors (Lipinski definition) is 5. The second kappa shape index (κ2) is 7.61. The normalized spacial score (nSPS) is 19.0. The van der Waals surface area contributed by atoms with E-state index >= 15 is 0 Å². The van der Waals surface area contributed by atoms with Crippen LogP contribution in [0, 0.1) is 10.1 Å². The summed E-state index contributed by atoms with van der Waals surface area (Å²) in [6, 6.07) is 4.61. The van der Waals surface area contributed by atoms with Gasteiger partial charge in [0, 0.05) is 38.3 Å². The van der Waals surface area contributed by atoms with E-state index in [-0.39, 0.29) is 11.6 Å². The molecule has 1 aromatic rings. The number of likely N-dealkylation sites (tertiary alicyclic amines) is 1. The molecule has 0 aromatic heterocycles. The zero-order chi connectivity index (χ0) is 16.9. The molecule has 24 heavy (non-hydrogen) atoms. The fourth-order valence-corrected chi connectivity index (χ4v) is 3.33. The van der Waals surface area contributed by atoms with Crippen molar-refractivity contribution in [2.24, 2.45) is 0 Å². The van der Waals surface area contributed by atoms with Gasteiger partial charge in [-0.1, -0.05) is 12.8 Å². The van der Waals surface area contributed by atoms with E-state index in [4.69, 9.17) is 4.74 Å². The summed E-state index contributed by atoms with van der Waals surface area (Å²) >= 11 is 0. The number of carbonyl (C=O) groups excluding carboxylic acids is 1. The smallest absolute Gasteiger partial charge is 0.270 e. The van der Waals surface area contributed by atoms with E-state index in [0.29, 0.717) is 31.9 Å². The molecule has 1 aromatic carbocycles. The predicted molar refractivity (Wildman–Crippen MR) is 90.5 cm³/mol. The first-order valence-electron chi connectivity index (χ1n) is 8.57. The number of non-ortho nitro benzene ring substituents is 1. The van der Waals surface area contributed by atoms with Crippen LogP contribution in [-0.2, 0) is 4.74 Å². The molecule has 2 fully saturated rings. The first-order valence-corrected chi connectivity index (χ1v) is 8.57. The Bertz CT molecular complexity index is 606.